The van der Waals surface area contributed by atoms with Gasteiger partial charge in [-0.15, -0.1) is 0 Å². The van der Waals surface area contributed by atoms with Gasteiger partial charge in [0.15, 0.2) is 11.6 Å². The average molecular weight is 236 g/mol. The van der Waals surface area contributed by atoms with Gasteiger partial charge < -0.3 is 5.73 Å². The van der Waals surface area contributed by atoms with E-state index in [1.807, 2.05) is 0 Å². The molecule has 0 spiro atoms. The van der Waals surface area contributed by atoms with Crippen LogP contribution in [0.2, 0.25) is 0 Å². The Balaban J connectivity index is 3.08. The Labute approximate surface area is 77.7 Å². The second-order valence-corrected chi connectivity index (χ2v) is 3.23. The molecule has 0 aliphatic rings. The zero-order chi connectivity index (χ0) is 9.14. The molecular weight excluding hydrogens is 228 g/mol. The van der Waals surface area contributed by atoms with Crippen LogP contribution in [0.1, 0.15) is 5.56 Å². The highest BCUT2D eigenvalue weighted by Crippen LogP contribution is 2.20. The molecule has 12 heavy (non-hydrogen) atoms. The minimum absolute atomic E-state index is 0.140. The van der Waals surface area contributed by atoms with Crippen molar-refractivity contribution in [3.8, 4) is 0 Å². The molecular formula is C8H8BrF2N. The first-order valence-electron chi connectivity index (χ1n) is 3.49. The van der Waals surface area contributed by atoms with E-state index in [2.05, 4.69) is 15.9 Å². The van der Waals surface area contributed by atoms with Gasteiger partial charge in [-0.05, 0) is 40.5 Å². The molecule has 0 saturated heterocycles. The van der Waals surface area contributed by atoms with Crippen LogP contribution in [0.4, 0.5) is 8.78 Å². The lowest BCUT2D eigenvalue weighted by Crippen LogP contribution is -2.05. The predicted molar refractivity (Wildman–Crippen MR) is 46.8 cm³/mol. The van der Waals surface area contributed by atoms with Crippen LogP contribution in [0.25, 0.3) is 0 Å². The van der Waals surface area contributed by atoms with Gasteiger partial charge in [0.1, 0.15) is 0 Å². The second-order valence-electron chi connectivity index (χ2n) is 2.37. The maximum absolute atomic E-state index is 13.0. The van der Waals surface area contributed by atoms with Crippen LogP contribution in [-0.2, 0) is 6.42 Å². The van der Waals surface area contributed by atoms with Crippen LogP contribution in [0.3, 0.4) is 0 Å². The van der Waals surface area contributed by atoms with Crippen molar-refractivity contribution in [3.63, 3.8) is 0 Å². The summed E-state index contributed by atoms with van der Waals surface area (Å²) in [4.78, 5) is 0. The lowest BCUT2D eigenvalue weighted by molar-refractivity contribution is 0.494. The zero-order valence-electron chi connectivity index (χ0n) is 6.28. The average Bonchev–Trinajstić information content (AvgIpc) is 2.07. The molecule has 1 nitrogen and oxygen atoms in total. The van der Waals surface area contributed by atoms with Gasteiger partial charge in [0, 0.05) is 0 Å². The van der Waals surface area contributed by atoms with Gasteiger partial charge >= 0.3 is 0 Å². The summed E-state index contributed by atoms with van der Waals surface area (Å²) in [6, 6.07) is 3.00. The predicted octanol–water partition coefficient (Wildman–Crippen LogP) is 2.23. The number of halogens is 3. The maximum Gasteiger partial charge on any atom is 0.173 e. The van der Waals surface area contributed by atoms with Gasteiger partial charge in [-0.2, -0.15) is 0 Å². The molecule has 0 fully saturated rings. The molecule has 2 N–H and O–H groups in total. The monoisotopic (exact) mass is 235 g/mol. The van der Waals surface area contributed by atoms with Crippen molar-refractivity contribution in [1.29, 1.82) is 0 Å². The smallest absolute Gasteiger partial charge is 0.173 e. The van der Waals surface area contributed by atoms with Crippen LogP contribution < -0.4 is 5.73 Å². The molecule has 1 aromatic carbocycles. The Kier molecular flexibility index (Phi) is 3.17. The van der Waals surface area contributed by atoms with Crippen LogP contribution in [-0.4, -0.2) is 6.54 Å². The molecule has 4 heteroatoms. The van der Waals surface area contributed by atoms with E-state index >= 15 is 0 Å². The van der Waals surface area contributed by atoms with E-state index in [4.69, 9.17) is 5.73 Å². The Morgan fingerprint density at radius 3 is 2.50 bits per heavy atom. The summed E-state index contributed by atoms with van der Waals surface area (Å²) in [7, 11) is 0. The molecule has 0 heterocycles. The highest BCUT2D eigenvalue weighted by molar-refractivity contribution is 9.10. The lowest BCUT2D eigenvalue weighted by Gasteiger charge is -2.02. The zero-order valence-corrected chi connectivity index (χ0v) is 7.87. The van der Waals surface area contributed by atoms with Gasteiger partial charge in [-0.1, -0.05) is 6.07 Å². The van der Waals surface area contributed by atoms with Gasteiger partial charge in [0.25, 0.3) is 0 Å². The summed E-state index contributed by atoms with van der Waals surface area (Å²) < 4.78 is 26.0. The van der Waals surface area contributed by atoms with E-state index in [0.29, 0.717) is 18.5 Å². The molecule has 1 aromatic rings. The minimum Gasteiger partial charge on any atom is -0.330 e. The SMILES string of the molecule is NCCc1ccc(Br)c(F)c1F. The highest BCUT2D eigenvalue weighted by Gasteiger charge is 2.10. The molecule has 66 valence electrons. The molecule has 0 saturated carbocycles. The molecule has 0 aromatic heterocycles. The summed E-state index contributed by atoms with van der Waals surface area (Å²) in [6.07, 6.45) is 0.357. The van der Waals surface area contributed by atoms with Gasteiger partial charge in [-0.3, -0.25) is 0 Å². The number of hydrogen-bond acceptors (Lipinski definition) is 1. The molecule has 0 unspecified atom stereocenters. The fourth-order valence-corrected chi connectivity index (χ4v) is 1.22. The van der Waals surface area contributed by atoms with E-state index in [1.54, 1.807) is 0 Å². The summed E-state index contributed by atoms with van der Waals surface area (Å²) in [6.45, 7) is 0.317. The normalized spacial score (nSPS) is 10.3. The van der Waals surface area contributed by atoms with Crippen LogP contribution in [0, 0.1) is 11.6 Å². The molecule has 1 rings (SSSR count). The highest BCUT2D eigenvalue weighted by atomic mass is 79.9. The van der Waals surface area contributed by atoms with Crippen molar-refractivity contribution in [2.45, 2.75) is 6.42 Å². The Morgan fingerprint density at radius 2 is 1.92 bits per heavy atom. The van der Waals surface area contributed by atoms with Crippen molar-refractivity contribution in [2.75, 3.05) is 6.54 Å². The first-order chi connectivity index (χ1) is 5.66. The Bertz CT molecular complexity index is 289. The third-order valence-electron chi connectivity index (χ3n) is 1.53. The standard InChI is InChI=1S/C8H8BrF2N/c9-6-2-1-5(3-4-12)7(10)8(6)11/h1-2H,3-4,12H2. The van der Waals surface area contributed by atoms with E-state index in [-0.39, 0.29) is 4.47 Å². The van der Waals surface area contributed by atoms with Crippen molar-refractivity contribution < 1.29 is 8.78 Å². The van der Waals surface area contributed by atoms with Gasteiger partial charge in [0.05, 0.1) is 4.47 Å². The summed E-state index contributed by atoms with van der Waals surface area (Å²) >= 11 is 2.89. The van der Waals surface area contributed by atoms with E-state index in [1.165, 1.54) is 12.1 Å². The fraction of sp³-hybridized carbons (Fsp3) is 0.250. The molecule has 0 atom stereocenters. The largest absolute Gasteiger partial charge is 0.330 e. The third kappa shape index (κ3) is 1.81. The topological polar surface area (TPSA) is 26.0 Å². The Morgan fingerprint density at radius 1 is 1.25 bits per heavy atom. The number of nitrogens with two attached hydrogens (primary N) is 1. The summed E-state index contributed by atoms with van der Waals surface area (Å²) in [5, 5.41) is 0. The number of hydrogen-bond donors (Lipinski definition) is 1. The van der Waals surface area contributed by atoms with Crippen LogP contribution in [0.15, 0.2) is 16.6 Å². The van der Waals surface area contributed by atoms with Crippen molar-refractivity contribution in [3.05, 3.63) is 33.8 Å². The van der Waals surface area contributed by atoms with Crippen molar-refractivity contribution in [2.24, 2.45) is 5.73 Å². The third-order valence-corrected chi connectivity index (χ3v) is 2.14. The molecule has 0 aliphatic carbocycles. The molecule has 0 amide bonds. The fourth-order valence-electron chi connectivity index (χ4n) is 0.914. The molecule has 0 aliphatic heterocycles. The van der Waals surface area contributed by atoms with Gasteiger partial charge in [0.2, 0.25) is 0 Å². The first-order valence-corrected chi connectivity index (χ1v) is 4.28. The van der Waals surface area contributed by atoms with E-state index in [0.717, 1.165) is 0 Å². The van der Waals surface area contributed by atoms with E-state index < -0.39 is 11.6 Å². The summed E-state index contributed by atoms with van der Waals surface area (Å²) in [5.74, 6) is -1.66. The lowest BCUT2D eigenvalue weighted by atomic mass is 10.1. The van der Waals surface area contributed by atoms with Crippen LogP contribution in [0.5, 0.6) is 0 Å². The van der Waals surface area contributed by atoms with Crippen LogP contribution >= 0.6 is 15.9 Å². The Hall–Kier alpha value is -0.480. The maximum atomic E-state index is 13.0. The quantitative estimate of drug-likeness (QED) is 0.783. The number of rotatable bonds is 2. The first kappa shape index (κ1) is 9.61. The van der Waals surface area contributed by atoms with E-state index in [9.17, 15) is 8.78 Å². The molecule has 0 radical (unpaired) electrons. The van der Waals surface area contributed by atoms with Crippen molar-refractivity contribution >= 4 is 15.9 Å². The second kappa shape index (κ2) is 3.96. The van der Waals surface area contributed by atoms with Gasteiger partial charge in [-0.25, -0.2) is 8.78 Å². The molecule has 0 bridgehead atoms. The number of benzene rings is 1. The summed E-state index contributed by atoms with van der Waals surface area (Å²) in [5.41, 5.74) is 5.53. The van der Waals surface area contributed by atoms with Crippen molar-refractivity contribution in [1.82, 2.24) is 0 Å². The minimum atomic E-state index is -0.846.